The fraction of sp³-hybridized carbons (Fsp3) is 0.105. The Balaban J connectivity index is 1.97. The Kier molecular flexibility index (Phi) is 4.89. The zero-order valence-electron chi connectivity index (χ0n) is 13.7. The normalized spacial score (nSPS) is 10.4. The number of carbonyl (C=O) groups excluding carboxylic acids is 1. The van der Waals surface area contributed by atoms with Gasteiger partial charge in [0, 0.05) is 0 Å². The van der Waals surface area contributed by atoms with Gasteiger partial charge in [-0.25, -0.2) is 4.98 Å². The quantitative estimate of drug-likeness (QED) is 0.395. The number of imidazole rings is 1. The number of nitrogens with one attached hydrogen (secondary N) is 1. The van der Waals surface area contributed by atoms with E-state index in [-0.39, 0.29) is 5.84 Å². The van der Waals surface area contributed by atoms with Gasteiger partial charge in [-0.2, -0.15) is 0 Å². The van der Waals surface area contributed by atoms with Crippen molar-refractivity contribution in [3.8, 4) is 0 Å². The second-order valence-electron chi connectivity index (χ2n) is 5.66. The number of anilines is 1. The van der Waals surface area contributed by atoms with Crippen LogP contribution < -0.4 is 10.6 Å². The van der Waals surface area contributed by atoms with Crippen LogP contribution in [0.3, 0.4) is 0 Å². The second kappa shape index (κ2) is 7.44. The van der Waals surface area contributed by atoms with Gasteiger partial charge in [0.2, 0.25) is 6.41 Å². The molecule has 0 atom stereocenters. The zero-order chi connectivity index (χ0) is 17.6. The van der Waals surface area contributed by atoms with Crippen molar-refractivity contribution in [3.63, 3.8) is 0 Å². The average molecular weight is 333 g/mol. The van der Waals surface area contributed by atoms with Crippen LogP contribution in [-0.2, 0) is 17.9 Å². The Labute approximate surface area is 146 Å². The molecule has 0 radical (unpaired) electrons. The summed E-state index contributed by atoms with van der Waals surface area (Å²) in [6.07, 6.45) is 2.36. The van der Waals surface area contributed by atoms with Gasteiger partial charge in [-0.15, -0.1) is 0 Å². The Morgan fingerprint density at radius 3 is 2.24 bits per heavy atom. The van der Waals surface area contributed by atoms with Crippen LogP contribution in [-0.4, -0.2) is 21.8 Å². The van der Waals surface area contributed by atoms with Crippen molar-refractivity contribution in [3.05, 3.63) is 83.8 Å². The van der Waals surface area contributed by atoms with E-state index in [2.05, 4.69) is 4.98 Å². The van der Waals surface area contributed by atoms with Crippen LogP contribution in [0.4, 0.5) is 5.82 Å². The molecule has 3 aromatic rings. The van der Waals surface area contributed by atoms with Crippen LogP contribution in [0.5, 0.6) is 0 Å². The SMILES string of the molecule is N=C(N)c1ncn(Cc2ccccc2)c1N(C=O)Cc1ccccc1. The lowest BCUT2D eigenvalue weighted by atomic mass is 10.2. The molecule has 0 fully saturated rings. The topological polar surface area (TPSA) is 88.0 Å². The molecule has 3 N–H and O–H groups in total. The molecule has 1 amide bonds. The number of carbonyl (C=O) groups is 1. The van der Waals surface area contributed by atoms with Gasteiger partial charge < -0.3 is 10.3 Å². The first-order chi connectivity index (χ1) is 12.2. The van der Waals surface area contributed by atoms with Gasteiger partial charge in [0.15, 0.2) is 0 Å². The predicted octanol–water partition coefficient (Wildman–Crippen LogP) is 2.38. The van der Waals surface area contributed by atoms with E-state index in [4.69, 9.17) is 11.1 Å². The number of aromatic nitrogens is 2. The van der Waals surface area contributed by atoms with E-state index in [0.717, 1.165) is 17.5 Å². The van der Waals surface area contributed by atoms with E-state index >= 15 is 0 Å². The lowest BCUT2D eigenvalue weighted by Gasteiger charge is -2.20. The number of rotatable bonds is 7. The molecule has 0 unspecified atom stereocenters. The van der Waals surface area contributed by atoms with Crippen molar-refractivity contribution in [2.45, 2.75) is 13.1 Å². The molecule has 126 valence electrons. The number of nitrogens with zero attached hydrogens (tertiary/aromatic N) is 3. The number of nitrogen functional groups attached to an aromatic ring is 1. The maximum atomic E-state index is 11.8. The molecular weight excluding hydrogens is 314 g/mol. The minimum Gasteiger partial charge on any atom is -0.382 e. The molecule has 0 aliphatic heterocycles. The molecule has 0 aliphatic rings. The minimum atomic E-state index is -0.165. The molecule has 3 rings (SSSR count). The van der Waals surface area contributed by atoms with E-state index in [1.165, 1.54) is 4.90 Å². The van der Waals surface area contributed by atoms with E-state index in [1.54, 1.807) is 6.33 Å². The zero-order valence-corrected chi connectivity index (χ0v) is 13.7. The van der Waals surface area contributed by atoms with E-state index < -0.39 is 0 Å². The predicted molar refractivity (Wildman–Crippen MR) is 97.5 cm³/mol. The summed E-state index contributed by atoms with van der Waals surface area (Å²) in [5.74, 6) is 0.358. The summed E-state index contributed by atoms with van der Waals surface area (Å²) in [7, 11) is 0. The first kappa shape index (κ1) is 16.4. The maximum absolute atomic E-state index is 11.8. The highest BCUT2D eigenvalue weighted by Crippen LogP contribution is 2.22. The Hall–Kier alpha value is -3.41. The van der Waals surface area contributed by atoms with Crippen LogP contribution in [0.2, 0.25) is 0 Å². The first-order valence-electron chi connectivity index (χ1n) is 7.88. The molecule has 0 spiro atoms. The van der Waals surface area contributed by atoms with Crippen molar-refractivity contribution in [2.75, 3.05) is 4.90 Å². The lowest BCUT2D eigenvalue weighted by molar-refractivity contribution is -0.107. The Bertz CT molecular complexity index is 858. The number of amides is 1. The number of amidine groups is 1. The second-order valence-corrected chi connectivity index (χ2v) is 5.66. The fourth-order valence-corrected chi connectivity index (χ4v) is 2.70. The molecule has 1 heterocycles. The maximum Gasteiger partial charge on any atom is 0.215 e. The van der Waals surface area contributed by atoms with Crippen molar-refractivity contribution in [1.29, 1.82) is 5.41 Å². The van der Waals surface area contributed by atoms with Crippen LogP contribution in [0.15, 0.2) is 67.0 Å². The number of benzene rings is 2. The summed E-state index contributed by atoms with van der Waals surface area (Å²) >= 11 is 0. The van der Waals surface area contributed by atoms with Crippen molar-refractivity contribution >= 4 is 18.1 Å². The van der Waals surface area contributed by atoms with Crippen molar-refractivity contribution in [2.24, 2.45) is 5.73 Å². The van der Waals surface area contributed by atoms with Crippen molar-refractivity contribution in [1.82, 2.24) is 9.55 Å². The Morgan fingerprint density at radius 1 is 1.08 bits per heavy atom. The van der Waals surface area contributed by atoms with Crippen LogP contribution in [0.25, 0.3) is 0 Å². The highest BCUT2D eigenvalue weighted by atomic mass is 16.1. The molecule has 0 saturated carbocycles. The van der Waals surface area contributed by atoms with E-state index in [0.29, 0.717) is 24.6 Å². The highest BCUT2D eigenvalue weighted by molar-refractivity contribution is 5.99. The first-order valence-corrected chi connectivity index (χ1v) is 7.88. The van der Waals surface area contributed by atoms with E-state index in [9.17, 15) is 4.79 Å². The third-order valence-corrected chi connectivity index (χ3v) is 3.86. The smallest absolute Gasteiger partial charge is 0.215 e. The summed E-state index contributed by atoms with van der Waals surface area (Å²) < 4.78 is 1.84. The van der Waals surface area contributed by atoms with Gasteiger partial charge in [-0.1, -0.05) is 60.7 Å². The highest BCUT2D eigenvalue weighted by Gasteiger charge is 2.20. The van der Waals surface area contributed by atoms with Gasteiger partial charge in [0.1, 0.15) is 17.3 Å². The Morgan fingerprint density at radius 2 is 1.68 bits per heavy atom. The molecule has 0 bridgehead atoms. The molecule has 6 heteroatoms. The van der Waals surface area contributed by atoms with E-state index in [1.807, 2.05) is 65.2 Å². The fourth-order valence-electron chi connectivity index (χ4n) is 2.70. The molecular formula is C19H19N5O. The molecule has 6 nitrogen and oxygen atoms in total. The van der Waals surface area contributed by atoms with Gasteiger partial charge in [0.05, 0.1) is 19.4 Å². The third-order valence-electron chi connectivity index (χ3n) is 3.86. The van der Waals surface area contributed by atoms with Crippen molar-refractivity contribution < 1.29 is 4.79 Å². The summed E-state index contributed by atoms with van der Waals surface area (Å²) in [6.45, 7) is 0.917. The number of nitrogens with two attached hydrogens (primary N) is 1. The van der Waals surface area contributed by atoms with Gasteiger partial charge in [-0.3, -0.25) is 15.1 Å². The summed E-state index contributed by atoms with van der Waals surface area (Å²) in [5, 5.41) is 7.78. The van der Waals surface area contributed by atoms with Gasteiger partial charge in [-0.05, 0) is 11.1 Å². The van der Waals surface area contributed by atoms with Gasteiger partial charge in [0.25, 0.3) is 0 Å². The number of hydrogen-bond donors (Lipinski definition) is 2. The standard InChI is InChI=1S/C19H19N5O/c20-18(21)17-19(24(14-25)12-16-9-5-2-6-10-16)23(13-22-17)11-15-7-3-1-4-8-15/h1-10,13-14H,11-12H2,(H3,20,21). The third kappa shape index (κ3) is 3.74. The lowest BCUT2D eigenvalue weighted by Crippen LogP contribution is -2.27. The van der Waals surface area contributed by atoms with Crippen LogP contribution >= 0.6 is 0 Å². The summed E-state index contributed by atoms with van der Waals surface area (Å²) in [6, 6.07) is 19.5. The monoisotopic (exact) mass is 333 g/mol. The average Bonchev–Trinajstić information content (AvgIpc) is 3.05. The molecule has 2 aromatic carbocycles. The molecule has 25 heavy (non-hydrogen) atoms. The summed E-state index contributed by atoms with van der Waals surface area (Å²) in [5.41, 5.74) is 8.03. The summed E-state index contributed by atoms with van der Waals surface area (Å²) in [4.78, 5) is 17.5. The molecule has 0 aliphatic carbocycles. The molecule has 1 aromatic heterocycles. The largest absolute Gasteiger partial charge is 0.382 e. The number of hydrogen-bond acceptors (Lipinski definition) is 3. The van der Waals surface area contributed by atoms with Crippen LogP contribution in [0, 0.1) is 5.41 Å². The molecule has 0 saturated heterocycles. The van der Waals surface area contributed by atoms with Gasteiger partial charge >= 0.3 is 0 Å². The van der Waals surface area contributed by atoms with Crippen LogP contribution in [0.1, 0.15) is 16.8 Å². The minimum absolute atomic E-state index is 0.165.